The van der Waals surface area contributed by atoms with E-state index in [2.05, 4.69) is 17.1 Å². The van der Waals surface area contributed by atoms with Gasteiger partial charge >= 0.3 is 0 Å². The molecule has 2 rings (SSSR count). The first-order valence-corrected chi connectivity index (χ1v) is 7.67. The summed E-state index contributed by atoms with van der Waals surface area (Å²) < 4.78 is 5.52. The van der Waals surface area contributed by atoms with Gasteiger partial charge in [0.2, 0.25) is 0 Å². The molecule has 3 N–H and O–H groups in total. The molecule has 1 unspecified atom stereocenters. The molecule has 0 bridgehead atoms. The van der Waals surface area contributed by atoms with Crippen molar-refractivity contribution >= 4 is 11.4 Å². The molecular weight excluding hydrogens is 250 g/mol. The van der Waals surface area contributed by atoms with Gasteiger partial charge in [0.25, 0.3) is 0 Å². The molecule has 0 amide bonds. The number of nitrogens with zero attached hydrogens (tertiary/aromatic N) is 1. The summed E-state index contributed by atoms with van der Waals surface area (Å²) in [5.74, 6) is 1.41. The zero-order valence-corrected chi connectivity index (χ0v) is 12.7. The summed E-state index contributed by atoms with van der Waals surface area (Å²) in [5.41, 5.74) is 7.66. The van der Waals surface area contributed by atoms with Crippen LogP contribution in [0.5, 0.6) is 5.75 Å². The fourth-order valence-corrected chi connectivity index (χ4v) is 2.69. The highest BCUT2D eigenvalue weighted by Crippen LogP contribution is 2.25. The molecule has 112 valence electrons. The minimum absolute atomic E-state index is 0.638. The summed E-state index contributed by atoms with van der Waals surface area (Å²) in [6.07, 6.45) is 2.71. The normalized spacial score (nSPS) is 17.1. The summed E-state index contributed by atoms with van der Waals surface area (Å²) >= 11 is 0. The predicted molar refractivity (Wildman–Crippen MR) is 85.4 cm³/mol. The highest BCUT2D eigenvalue weighted by Gasteiger charge is 2.14. The molecule has 0 aliphatic carbocycles. The van der Waals surface area contributed by atoms with Gasteiger partial charge in [-0.15, -0.1) is 0 Å². The molecule has 1 aliphatic rings. The van der Waals surface area contributed by atoms with E-state index in [9.17, 15) is 0 Å². The maximum atomic E-state index is 5.88. The highest BCUT2D eigenvalue weighted by atomic mass is 16.5. The summed E-state index contributed by atoms with van der Waals surface area (Å²) in [6, 6.07) is 5.90. The lowest BCUT2D eigenvalue weighted by Crippen LogP contribution is -2.28. The van der Waals surface area contributed by atoms with Gasteiger partial charge in [-0.25, -0.2) is 0 Å². The van der Waals surface area contributed by atoms with Crippen LogP contribution in [0.2, 0.25) is 0 Å². The molecule has 1 atom stereocenters. The lowest BCUT2D eigenvalue weighted by Gasteiger charge is -2.21. The number of hydrogen-bond acceptors (Lipinski definition) is 4. The zero-order valence-electron chi connectivity index (χ0n) is 12.7. The number of hydrogen-bond donors (Lipinski definition) is 2. The minimum atomic E-state index is 0.638. The summed E-state index contributed by atoms with van der Waals surface area (Å²) in [5, 5.41) is 3.48. The van der Waals surface area contributed by atoms with Crippen LogP contribution in [0.4, 0.5) is 11.4 Å². The maximum absolute atomic E-state index is 5.88. The van der Waals surface area contributed by atoms with Crippen molar-refractivity contribution in [3.05, 3.63) is 18.2 Å². The number of benzene rings is 1. The Bertz CT molecular complexity index is 416. The standard InChI is InChI=1S/C16H27N3O/c1-3-20-16-10-14(6-7-15(16)17)18-11-13(2)12-19-8-4-5-9-19/h6-7,10,13,18H,3-5,8-9,11-12,17H2,1-2H3. The molecule has 0 radical (unpaired) electrons. The van der Waals surface area contributed by atoms with Gasteiger partial charge in [0.05, 0.1) is 12.3 Å². The molecule has 4 nitrogen and oxygen atoms in total. The van der Waals surface area contributed by atoms with E-state index in [1.165, 1.54) is 32.5 Å². The Labute approximate surface area is 122 Å². The van der Waals surface area contributed by atoms with E-state index in [1.54, 1.807) is 0 Å². The number of nitrogen functional groups attached to an aromatic ring is 1. The van der Waals surface area contributed by atoms with Gasteiger partial charge in [-0.05, 0) is 50.9 Å². The average molecular weight is 277 g/mol. The lowest BCUT2D eigenvalue weighted by molar-refractivity contribution is 0.294. The van der Waals surface area contributed by atoms with Crippen molar-refractivity contribution in [2.45, 2.75) is 26.7 Å². The van der Waals surface area contributed by atoms with Crippen molar-refractivity contribution in [2.24, 2.45) is 5.92 Å². The van der Waals surface area contributed by atoms with Gasteiger partial charge in [-0.2, -0.15) is 0 Å². The Hall–Kier alpha value is -1.42. The first kappa shape index (κ1) is 15.0. The van der Waals surface area contributed by atoms with Gasteiger partial charge < -0.3 is 20.7 Å². The van der Waals surface area contributed by atoms with E-state index < -0.39 is 0 Å². The number of anilines is 2. The van der Waals surface area contributed by atoms with E-state index in [0.29, 0.717) is 18.2 Å². The summed E-state index contributed by atoms with van der Waals surface area (Å²) in [7, 11) is 0. The third-order valence-electron chi connectivity index (χ3n) is 3.74. The molecular formula is C16H27N3O. The van der Waals surface area contributed by atoms with Crippen molar-refractivity contribution in [1.82, 2.24) is 4.90 Å². The molecule has 1 aromatic rings. The molecule has 0 saturated carbocycles. The average Bonchev–Trinajstić information content (AvgIpc) is 2.93. The Morgan fingerprint density at radius 1 is 1.35 bits per heavy atom. The molecule has 4 heteroatoms. The first-order chi connectivity index (χ1) is 9.69. The quantitative estimate of drug-likeness (QED) is 0.753. The second kappa shape index (κ2) is 7.39. The molecule has 0 aromatic heterocycles. The molecule has 1 aromatic carbocycles. The van der Waals surface area contributed by atoms with Crippen LogP contribution in [-0.4, -0.2) is 37.7 Å². The van der Waals surface area contributed by atoms with Crippen LogP contribution in [0.3, 0.4) is 0 Å². The lowest BCUT2D eigenvalue weighted by atomic mass is 10.1. The number of ether oxygens (including phenoxy) is 1. The Kier molecular flexibility index (Phi) is 5.53. The van der Waals surface area contributed by atoms with E-state index >= 15 is 0 Å². The maximum Gasteiger partial charge on any atom is 0.144 e. The molecule has 20 heavy (non-hydrogen) atoms. The predicted octanol–water partition coefficient (Wildman–Crippen LogP) is 2.81. The second-order valence-corrected chi connectivity index (χ2v) is 5.68. The van der Waals surface area contributed by atoms with Gasteiger partial charge in [0, 0.05) is 24.8 Å². The van der Waals surface area contributed by atoms with E-state index in [4.69, 9.17) is 10.5 Å². The van der Waals surface area contributed by atoms with Gasteiger partial charge in [-0.3, -0.25) is 0 Å². The second-order valence-electron chi connectivity index (χ2n) is 5.68. The number of nitrogens with two attached hydrogens (primary N) is 1. The van der Waals surface area contributed by atoms with Crippen LogP contribution in [0.15, 0.2) is 18.2 Å². The van der Waals surface area contributed by atoms with Gasteiger partial charge in [0.15, 0.2) is 0 Å². The SMILES string of the molecule is CCOc1cc(NCC(C)CN2CCCC2)ccc1N. The zero-order chi connectivity index (χ0) is 14.4. The van der Waals surface area contributed by atoms with E-state index in [1.807, 2.05) is 25.1 Å². The van der Waals surface area contributed by atoms with Crippen molar-refractivity contribution < 1.29 is 4.74 Å². The topological polar surface area (TPSA) is 50.5 Å². The van der Waals surface area contributed by atoms with E-state index in [0.717, 1.165) is 18.0 Å². The van der Waals surface area contributed by atoms with Crippen LogP contribution in [0, 0.1) is 5.92 Å². The monoisotopic (exact) mass is 277 g/mol. The Morgan fingerprint density at radius 2 is 2.10 bits per heavy atom. The molecule has 0 spiro atoms. The molecule has 1 saturated heterocycles. The van der Waals surface area contributed by atoms with E-state index in [-0.39, 0.29) is 0 Å². The van der Waals surface area contributed by atoms with Gasteiger partial charge in [-0.1, -0.05) is 6.92 Å². The Morgan fingerprint density at radius 3 is 2.80 bits per heavy atom. The van der Waals surface area contributed by atoms with Crippen molar-refractivity contribution in [3.63, 3.8) is 0 Å². The Balaban J connectivity index is 1.81. The van der Waals surface area contributed by atoms with Crippen LogP contribution in [0.25, 0.3) is 0 Å². The van der Waals surface area contributed by atoms with Gasteiger partial charge in [0.1, 0.15) is 5.75 Å². The third-order valence-corrected chi connectivity index (χ3v) is 3.74. The number of likely N-dealkylation sites (tertiary alicyclic amines) is 1. The van der Waals surface area contributed by atoms with Crippen LogP contribution in [-0.2, 0) is 0 Å². The van der Waals surface area contributed by atoms with Crippen LogP contribution in [0.1, 0.15) is 26.7 Å². The van der Waals surface area contributed by atoms with Crippen LogP contribution >= 0.6 is 0 Å². The molecule has 1 aliphatic heterocycles. The summed E-state index contributed by atoms with van der Waals surface area (Å²) in [6.45, 7) is 9.59. The fourth-order valence-electron chi connectivity index (χ4n) is 2.69. The largest absolute Gasteiger partial charge is 0.492 e. The highest BCUT2D eigenvalue weighted by molar-refractivity contribution is 5.61. The minimum Gasteiger partial charge on any atom is -0.492 e. The van der Waals surface area contributed by atoms with Crippen molar-refractivity contribution in [3.8, 4) is 5.75 Å². The third kappa shape index (κ3) is 4.30. The fraction of sp³-hybridized carbons (Fsp3) is 0.625. The summed E-state index contributed by atoms with van der Waals surface area (Å²) in [4.78, 5) is 2.56. The first-order valence-electron chi connectivity index (χ1n) is 7.67. The van der Waals surface area contributed by atoms with Crippen LogP contribution < -0.4 is 15.8 Å². The number of rotatable bonds is 7. The molecule has 1 fully saturated rings. The van der Waals surface area contributed by atoms with Crippen molar-refractivity contribution in [1.29, 1.82) is 0 Å². The number of nitrogens with one attached hydrogen (secondary N) is 1. The van der Waals surface area contributed by atoms with Crippen molar-refractivity contribution in [2.75, 3.05) is 43.8 Å². The molecule has 1 heterocycles. The smallest absolute Gasteiger partial charge is 0.144 e.